The summed E-state index contributed by atoms with van der Waals surface area (Å²) in [6.07, 6.45) is 0. The highest BCUT2D eigenvalue weighted by Crippen LogP contribution is 2.00. The molecule has 0 bridgehead atoms. The van der Waals surface area contributed by atoms with Crippen LogP contribution in [0.2, 0.25) is 0 Å². The first-order valence-electron chi connectivity index (χ1n) is 4.00. The molecule has 0 N–H and O–H groups in total. The van der Waals surface area contributed by atoms with Crippen LogP contribution in [0.15, 0.2) is 4.79 Å². The van der Waals surface area contributed by atoms with E-state index in [9.17, 15) is 9.59 Å². The molecule has 0 atom stereocenters. The van der Waals surface area contributed by atoms with Crippen LogP contribution < -0.4 is 5.56 Å². The highest BCUT2D eigenvalue weighted by Gasteiger charge is 2.12. The molecule has 1 aromatic heterocycles. The van der Waals surface area contributed by atoms with Crippen LogP contribution in [0.3, 0.4) is 0 Å². The summed E-state index contributed by atoms with van der Waals surface area (Å²) in [6.45, 7) is 4.78. The molecule has 13 heavy (non-hydrogen) atoms. The third-order valence-electron chi connectivity index (χ3n) is 2.05. The maximum absolute atomic E-state index is 11.6. The van der Waals surface area contributed by atoms with Crippen molar-refractivity contribution in [3.63, 3.8) is 0 Å². The van der Waals surface area contributed by atoms with Crippen molar-refractivity contribution in [1.29, 1.82) is 0 Å². The van der Waals surface area contributed by atoms with Crippen molar-refractivity contribution in [2.24, 2.45) is 7.05 Å². The van der Waals surface area contributed by atoms with E-state index in [1.54, 1.807) is 20.9 Å². The summed E-state index contributed by atoms with van der Waals surface area (Å²) in [6, 6.07) is 0. The SMILES string of the molecule is CC(=O)c1c(C)nc(C)n(C)c1=O. The van der Waals surface area contributed by atoms with E-state index in [1.807, 2.05) is 0 Å². The molecule has 0 aliphatic carbocycles. The van der Waals surface area contributed by atoms with E-state index in [2.05, 4.69) is 4.98 Å². The molecule has 0 spiro atoms. The van der Waals surface area contributed by atoms with E-state index < -0.39 is 0 Å². The first kappa shape index (κ1) is 9.64. The Balaban J connectivity index is 3.63. The van der Waals surface area contributed by atoms with Crippen LogP contribution in [-0.4, -0.2) is 15.3 Å². The minimum Gasteiger partial charge on any atom is -0.299 e. The molecule has 0 saturated heterocycles. The lowest BCUT2D eigenvalue weighted by Crippen LogP contribution is -2.27. The van der Waals surface area contributed by atoms with E-state index in [0.29, 0.717) is 11.5 Å². The Kier molecular flexibility index (Phi) is 2.32. The lowest BCUT2D eigenvalue weighted by molar-refractivity contribution is 0.101. The molecule has 0 radical (unpaired) electrons. The quantitative estimate of drug-likeness (QED) is 0.595. The second-order valence-electron chi connectivity index (χ2n) is 3.04. The van der Waals surface area contributed by atoms with Crippen LogP contribution in [0.1, 0.15) is 28.8 Å². The van der Waals surface area contributed by atoms with Gasteiger partial charge in [-0.25, -0.2) is 4.98 Å². The summed E-state index contributed by atoms with van der Waals surface area (Å²) in [5.41, 5.74) is 0.429. The smallest absolute Gasteiger partial charge is 0.264 e. The number of carbonyl (C=O) groups excluding carboxylic acids is 1. The number of nitrogens with zero attached hydrogens (tertiary/aromatic N) is 2. The van der Waals surface area contributed by atoms with Gasteiger partial charge in [0.05, 0.1) is 5.69 Å². The fraction of sp³-hybridized carbons (Fsp3) is 0.444. The Labute approximate surface area is 76.2 Å². The van der Waals surface area contributed by atoms with Gasteiger partial charge in [0, 0.05) is 7.05 Å². The van der Waals surface area contributed by atoms with Crippen LogP contribution >= 0.6 is 0 Å². The molecule has 4 heteroatoms. The Morgan fingerprint density at radius 2 is 1.92 bits per heavy atom. The molecule has 1 aromatic rings. The van der Waals surface area contributed by atoms with Gasteiger partial charge in [-0.3, -0.25) is 14.2 Å². The lowest BCUT2D eigenvalue weighted by Gasteiger charge is -2.06. The predicted octanol–water partition coefficient (Wildman–Crippen LogP) is 0.600. The monoisotopic (exact) mass is 180 g/mol. The van der Waals surface area contributed by atoms with Gasteiger partial charge in [-0.05, 0) is 20.8 Å². The van der Waals surface area contributed by atoms with E-state index >= 15 is 0 Å². The van der Waals surface area contributed by atoms with Gasteiger partial charge in [-0.1, -0.05) is 0 Å². The third kappa shape index (κ3) is 1.52. The first-order chi connectivity index (χ1) is 5.95. The number of hydrogen-bond donors (Lipinski definition) is 0. The Morgan fingerprint density at radius 1 is 1.38 bits per heavy atom. The van der Waals surface area contributed by atoms with Crippen molar-refractivity contribution in [1.82, 2.24) is 9.55 Å². The van der Waals surface area contributed by atoms with Gasteiger partial charge in [-0.2, -0.15) is 0 Å². The standard InChI is InChI=1S/C9H12N2O2/c1-5-8(6(2)12)9(13)11(4)7(3)10-5/h1-4H3. The zero-order valence-corrected chi connectivity index (χ0v) is 8.21. The molecule has 1 rings (SSSR count). The minimum absolute atomic E-state index is 0.188. The summed E-state index contributed by atoms with van der Waals surface area (Å²) in [4.78, 5) is 26.7. The molecule has 0 aliphatic rings. The zero-order chi connectivity index (χ0) is 10.2. The molecule has 0 saturated carbocycles. The number of ketones is 1. The molecule has 70 valence electrons. The van der Waals surface area contributed by atoms with Crippen molar-refractivity contribution in [3.05, 3.63) is 27.4 Å². The number of aryl methyl sites for hydroxylation is 2. The van der Waals surface area contributed by atoms with Crippen molar-refractivity contribution < 1.29 is 4.79 Å². The maximum Gasteiger partial charge on any atom is 0.264 e. The Bertz CT molecular complexity index is 418. The average Bonchev–Trinajstić information content (AvgIpc) is 1.99. The molecule has 4 nitrogen and oxygen atoms in total. The molecule has 0 fully saturated rings. The summed E-state index contributed by atoms with van der Waals surface area (Å²) < 4.78 is 1.38. The Morgan fingerprint density at radius 3 is 2.38 bits per heavy atom. The largest absolute Gasteiger partial charge is 0.299 e. The molecular weight excluding hydrogens is 168 g/mol. The molecule has 0 unspecified atom stereocenters. The number of carbonyl (C=O) groups is 1. The fourth-order valence-electron chi connectivity index (χ4n) is 1.25. The van der Waals surface area contributed by atoms with Gasteiger partial charge in [0.15, 0.2) is 5.78 Å². The molecule has 1 heterocycles. The normalized spacial score (nSPS) is 10.2. The highest BCUT2D eigenvalue weighted by atomic mass is 16.1. The maximum atomic E-state index is 11.6. The van der Waals surface area contributed by atoms with E-state index in [4.69, 9.17) is 0 Å². The van der Waals surface area contributed by atoms with E-state index in [1.165, 1.54) is 11.5 Å². The van der Waals surface area contributed by atoms with Gasteiger partial charge in [0.25, 0.3) is 5.56 Å². The number of hydrogen-bond acceptors (Lipinski definition) is 3. The fourth-order valence-corrected chi connectivity index (χ4v) is 1.25. The molecule has 0 amide bonds. The summed E-state index contributed by atoms with van der Waals surface area (Å²) in [5, 5.41) is 0. The highest BCUT2D eigenvalue weighted by molar-refractivity contribution is 5.94. The molecule has 0 aromatic carbocycles. The van der Waals surface area contributed by atoms with Gasteiger partial charge in [0.2, 0.25) is 0 Å². The van der Waals surface area contributed by atoms with Crippen molar-refractivity contribution in [3.8, 4) is 0 Å². The third-order valence-corrected chi connectivity index (χ3v) is 2.05. The van der Waals surface area contributed by atoms with Crippen molar-refractivity contribution in [2.75, 3.05) is 0 Å². The summed E-state index contributed by atoms with van der Waals surface area (Å²) in [5.74, 6) is 0.387. The van der Waals surface area contributed by atoms with Gasteiger partial charge in [0.1, 0.15) is 11.4 Å². The minimum atomic E-state index is -0.266. The van der Waals surface area contributed by atoms with Crippen LogP contribution in [-0.2, 0) is 7.05 Å². The lowest BCUT2D eigenvalue weighted by atomic mass is 10.1. The summed E-state index contributed by atoms with van der Waals surface area (Å²) >= 11 is 0. The number of rotatable bonds is 1. The first-order valence-corrected chi connectivity index (χ1v) is 4.00. The average molecular weight is 180 g/mol. The van der Waals surface area contributed by atoms with Crippen LogP contribution in [0.4, 0.5) is 0 Å². The van der Waals surface area contributed by atoms with E-state index in [-0.39, 0.29) is 16.9 Å². The van der Waals surface area contributed by atoms with Gasteiger partial charge in [-0.15, -0.1) is 0 Å². The van der Waals surface area contributed by atoms with Crippen LogP contribution in [0.5, 0.6) is 0 Å². The topological polar surface area (TPSA) is 52.0 Å². The molecular formula is C9H12N2O2. The Hall–Kier alpha value is -1.45. The second kappa shape index (κ2) is 3.12. The van der Waals surface area contributed by atoms with Crippen LogP contribution in [0, 0.1) is 13.8 Å². The second-order valence-corrected chi connectivity index (χ2v) is 3.04. The summed E-state index contributed by atoms with van der Waals surface area (Å²) in [7, 11) is 1.61. The van der Waals surface area contributed by atoms with Gasteiger partial charge >= 0.3 is 0 Å². The number of aromatic nitrogens is 2. The zero-order valence-electron chi connectivity index (χ0n) is 8.21. The van der Waals surface area contributed by atoms with Crippen molar-refractivity contribution >= 4 is 5.78 Å². The number of Topliss-reactive ketones (excluding diaryl/α,β-unsaturated/α-hetero) is 1. The van der Waals surface area contributed by atoms with Crippen molar-refractivity contribution in [2.45, 2.75) is 20.8 Å². The van der Waals surface area contributed by atoms with Crippen LogP contribution in [0.25, 0.3) is 0 Å². The predicted molar refractivity (Wildman–Crippen MR) is 49.0 cm³/mol. The molecule has 0 aliphatic heterocycles. The van der Waals surface area contributed by atoms with E-state index in [0.717, 1.165) is 0 Å². The van der Waals surface area contributed by atoms with Gasteiger partial charge < -0.3 is 0 Å².